The zero-order valence-electron chi connectivity index (χ0n) is 10.4. The molecule has 1 N–H and O–H groups in total. The fourth-order valence-corrected chi connectivity index (χ4v) is 1.96. The molecule has 0 radical (unpaired) electrons. The first kappa shape index (κ1) is 13.5. The van der Waals surface area contributed by atoms with Crippen LogP contribution in [0, 0.1) is 0 Å². The van der Waals surface area contributed by atoms with Gasteiger partial charge in [-0.05, 0) is 12.1 Å². The first-order chi connectivity index (χ1) is 9.15. The molecule has 0 spiro atoms. The van der Waals surface area contributed by atoms with E-state index in [0.29, 0.717) is 17.7 Å². The third kappa shape index (κ3) is 2.72. The van der Waals surface area contributed by atoms with E-state index in [1.54, 1.807) is 30.3 Å². The summed E-state index contributed by atoms with van der Waals surface area (Å²) in [6, 6.07) is 6.63. The van der Waals surface area contributed by atoms with Crippen LogP contribution in [0.2, 0.25) is 0 Å². The molecule has 0 bridgehead atoms. The molecule has 1 aromatic rings. The van der Waals surface area contributed by atoms with Gasteiger partial charge in [0.25, 0.3) is 11.8 Å². The van der Waals surface area contributed by atoms with Crippen LogP contribution in [0.4, 0.5) is 0 Å². The van der Waals surface area contributed by atoms with Gasteiger partial charge in [-0.25, -0.2) is 0 Å². The second kappa shape index (κ2) is 5.77. The van der Waals surface area contributed by atoms with Gasteiger partial charge in [0, 0.05) is 0 Å². The molecule has 5 heteroatoms. The van der Waals surface area contributed by atoms with E-state index in [-0.39, 0.29) is 25.0 Å². The van der Waals surface area contributed by atoms with Crippen LogP contribution in [0.5, 0.6) is 0 Å². The molecule has 0 aliphatic carbocycles. The number of hydrogen-bond donors (Lipinski definition) is 1. The van der Waals surface area contributed by atoms with Gasteiger partial charge in [-0.2, -0.15) is 0 Å². The molecule has 1 atom stereocenters. The second-order valence-electron chi connectivity index (χ2n) is 4.25. The Morgan fingerprint density at radius 1 is 1.26 bits per heavy atom. The summed E-state index contributed by atoms with van der Waals surface area (Å²) < 4.78 is 5.09. The summed E-state index contributed by atoms with van der Waals surface area (Å²) in [6.45, 7) is 3.79. The fourth-order valence-electron chi connectivity index (χ4n) is 1.96. The summed E-state index contributed by atoms with van der Waals surface area (Å²) in [5, 5.41) is 9.75. The maximum Gasteiger partial charge on any atom is 0.261 e. The highest BCUT2D eigenvalue weighted by Crippen LogP contribution is 2.22. The molecule has 1 aliphatic rings. The quantitative estimate of drug-likeness (QED) is 0.468. The van der Waals surface area contributed by atoms with Crippen LogP contribution in [0.15, 0.2) is 36.9 Å². The van der Waals surface area contributed by atoms with Gasteiger partial charge >= 0.3 is 0 Å². The zero-order chi connectivity index (χ0) is 13.8. The number of rotatable bonds is 6. The van der Waals surface area contributed by atoms with Crippen LogP contribution in [0.3, 0.4) is 0 Å². The molecule has 1 heterocycles. The van der Waals surface area contributed by atoms with Gasteiger partial charge in [-0.15, -0.1) is 6.58 Å². The smallest absolute Gasteiger partial charge is 0.261 e. The van der Waals surface area contributed by atoms with Gasteiger partial charge < -0.3 is 9.84 Å². The van der Waals surface area contributed by atoms with Crippen LogP contribution in [0.1, 0.15) is 20.7 Å². The van der Waals surface area contributed by atoms with E-state index in [0.717, 1.165) is 4.90 Å². The lowest BCUT2D eigenvalue weighted by molar-refractivity contribution is 0.0249. The Balaban J connectivity index is 2.02. The highest BCUT2D eigenvalue weighted by molar-refractivity contribution is 6.21. The molecule has 0 fully saturated rings. The van der Waals surface area contributed by atoms with E-state index in [1.807, 2.05) is 0 Å². The average molecular weight is 261 g/mol. The van der Waals surface area contributed by atoms with Crippen molar-refractivity contribution in [2.45, 2.75) is 6.10 Å². The lowest BCUT2D eigenvalue weighted by atomic mass is 10.1. The van der Waals surface area contributed by atoms with E-state index in [9.17, 15) is 14.7 Å². The van der Waals surface area contributed by atoms with Crippen LogP contribution < -0.4 is 0 Å². The van der Waals surface area contributed by atoms with Crippen LogP contribution in [-0.4, -0.2) is 47.7 Å². The molecular formula is C14H15NO4. The van der Waals surface area contributed by atoms with Crippen molar-refractivity contribution in [3.63, 3.8) is 0 Å². The van der Waals surface area contributed by atoms with Crippen molar-refractivity contribution in [2.24, 2.45) is 0 Å². The highest BCUT2D eigenvalue weighted by Gasteiger charge is 2.35. The molecule has 1 aliphatic heterocycles. The number of hydrogen-bond acceptors (Lipinski definition) is 4. The number of aliphatic hydroxyl groups excluding tert-OH is 1. The molecule has 100 valence electrons. The first-order valence-electron chi connectivity index (χ1n) is 5.97. The zero-order valence-corrected chi connectivity index (χ0v) is 10.4. The number of fused-ring (bicyclic) bond motifs is 1. The van der Waals surface area contributed by atoms with Gasteiger partial charge in [0.05, 0.1) is 37.0 Å². The predicted octanol–water partition coefficient (Wildman–Crippen LogP) is 0.846. The van der Waals surface area contributed by atoms with Crippen molar-refractivity contribution in [1.29, 1.82) is 0 Å². The van der Waals surface area contributed by atoms with Crippen molar-refractivity contribution < 1.29 is 19.4 Å². The predicted molar refractivity (Wildman–Crippen MR) is 68.8 cm³/mol. The lowest BCUT2D eigenvalue weighted by Crippen LogP contribution is -2.38. The summed E-state index contributed by atoms with van der Waals surface area (Å²) in [7, 11) is 0. The summed E-state index contributed by atoms with van der Waals surface area (Å²) in [6.07, 6.45) is 0.663. The van der Waals surface area contributed by atoms with Crippen LogP contribution in [-0.2, 0) is 4.74 Å². The molecule has 19 heavy (non-hydrogen) atoms. The summed E-state index contributed by atoms with van der Waals surface area (Å²) in [5.41, 5.74) is 0.762. The number of amides is 2. The van der Waals surface area contributed by atoms with Crippen molar-refractivity contribution >= 4 is 11.8 Å². The standard InChI is InChI=1S/C14H15NO4/c1-2-7-19-9-10(16)8-15-13(17)11-5-3-4-6-12(11)14(15)18/h2-6,10,16H,1,7-9H2/t10-/m1/s1. The number of carbonyl (C=O) groups excluding carboxylic acids is 2. The molecule has 5 nitrogen and oxygen atoms in total. The SMILES string of the molecule is C=CCOC[C@H](O)CN1C(=O)c2ccccc2C1=O. The Hall–Kier alpha value is -1.98. The van der Waals surface area contributed by atoms with E-state index in [2.05, 4.69) is 6.58 Å². The monoisotopic (exact) mass is 261 g/mol. The van der Waals surface area contributed by atoms with Crippen molar-refractivity contribution in [1.82, 2.24) is 4.90 Å². The molecule has 1 aromatic carbocycles. The number of benzene rings is 1. The van der Waals surface area contributed by atoms with Gasteiger partial charge in [0.15, 0.2) is 0 Å². The van der Waals surface area contributed by atoms with E-state index < -0.39 is 6.10 Å². The number of β-amino-alcohol motifs (C(OH)–C–C–N with tert-alkyl or cyclic N) is 1. The largest absolute Gasteiger partial charge is 0.389 e. The maximum absolute atomic E-state index is 12.0. The Kier molecular flexibility index (Phi) is 4.09. The van der Waals surface area contributed by atoms with Gasteiger partial charge in [0.2, 0.25) is 0 Å². The van der Waals surface area contributed by atoms with E-state index >= 15 is 0 Å². The maximum atomic E-state index is 12.0. The Labute approximate surface area is 111 Å². The van der Waals surface area contributed by atoms with Crippen molar-refractivity contribution in [2.75, 3.05) is 19.8 Å². The third-order valence-electron chi connectivity index (χ3n) is 2.82. The Morgan fingerprint density at radius 2 is 1.84 bits per heavy atom. The normalized spacial score (nSPS) is 15.5. The molecule has 0 saturated heterocycles. The van der Waals surface area contributed by atoms with Gasteiger partial charge in [-0.3, -0.25) is 14.5 Å². The minimum Gasteiger partial charge on any atom is -0.389 e. The summed E-state index contributed by atoms with van der Waals surface area (Å²) >= 11 is 0. The van der Waals surface area contributed by atoms with Gasteiger partial charge in [-0.1, -0.05) is 18.2 Å². The minimum absolute atomic E-state index is 0.0550. The molecule has 2 amide bonds. The molecule has 2 rings (SSSR count). The Morgan fingerprint density at radius 3 is 2.37 bits per heavy atom. The second-order valence-corrected chi connectivity index (χ2v) is 4.25. The van der Waals surface area contributed by atoms with Crippen LogP contribution >= 0.6 is 0 Å². The molecule has 0 aromatic heterocycles. The lowest BCUT2D eigenvalue weighted by Gasteiger charge is -2.18. The van der Waals surface area contributed by atoms with Gasteiger partial charge in [0.1, 0.15) is 0 Å². The average Bonchev–Trinajstić information content (AvgIpc) is 2.65. The number of aliphatic hydroxyl groups is 1. The third-order valence-corrected chi connectivity index (χ3v) is 2.82. The summed E-state index contributed by atoms with van der Waals surface area (Å²) in [4.78, 5) is 25.1. The van der Waals surface area contributed by atoms with E-state index in [1.165, 1.54) is 0 Å². The number of carbonyl (C=O) groups is 2. The minimum atomic E-state index is -0.901. The number of ether oxygens (including phenoxy) is 1. The molecule has 0 saturated carbocycles. The van der Waals surface area contributed by atoms with Crippen molar-refractivity contribution in [3.05, 3.63) is 48.0 Å². The molecule has 0 unspecified atom stereocenters. The summed E-state index contributed by atoms with van der Waals surface area (Å²) in [5.74, 6) is -0.744. The first-order valence-corrected chi connectivity index (χ1v) is 5.97. The topological polar surface area (TPSA) is 66.8 Å². The van der Waals surface area contributed by atoms with Crippen LogP contribution in [0.25, 0.3) is 0 Å². The number of nitrogens with zero attached hydrogens (tertiary/aromatic N) is 1. The highest BCUT2D eigenvalue weighted by atomic mass is 16.5. The Bertz CT molecular complexity index is 477. The molecular weight excluding hydrogens is 246 g/mol. The van der Waals surface area contributed by atoms with Crippen molar-refractivity contribution in [3.8, 4) is 0 Å². The van der Waals surface area contributed by atoms with E-state index in [4.69, 9.17) is 4.74 Å². The fraction of sp³-hybridized carbons (Fsp3) is 0.286. The number of imide groups is 1.